The van der Waals surface area contributed by atoms with E-state index in [-0.39, 0.29) is 0 Å². The molecule has 3 nitrogen and oxygen atoms in total. The lowest BCUT2D eigenvalue weighted by Gasteiger charge is -2.25. The molecule has 0 N–H and O–H groups in total. The molecule has 0 aliphatic heterocycles. The highest BCUT2D eigenvalue weighted by Crippen LogP contribution is 2.47. The van der Waals surface area contributed by atoms with Crippen molar-refractivity contribution in [1.29, 1.82) is 0 Å². The first kappa shape index (κ1) is 30.3. The highest BCUT2D eigenvalue weighted by Gasteiger charge is 2.24. The van der Waals surface area contributed by atoms with Crippen molar-refractivity contribution in [1.82, 2.24) is 4.57 Å². The average Bonchev–Trinajstić information content (AvgIpc) is 3.88. The van der Waals surface area contributed by atoms with Crippen LogP contribution in [0.15, 0.2) is 168 Å². The number of hydrogen-bond donors (Lipinski definition) is 0. The van der Waals surface area contributed by atoms with Crippen LogP contribution in [0.2, 0.25) is 0 Å². The van der Waals surface area contributed by atoms with E-state index >= 15 is 0 Å². The first-order valence-electron chi connectivity index (χ1n) is 18.3. The lowest BCUT2D eigenvalue weighted by atomic mass is 9.93. The number of benzene rings is 7. The Bertz CT molecular complexity index is 3000. The highest BCUT2D eigenvalue weighted by atomic mass is 32.1. The fraction of sp³-hybridized carbons (Fsp3) is 0.0612. The normalized spacial score (nSPS) is 14.2. The molecule has 1 atom stereocenters. The average molecular weight is 699 g/mol. The zero-order valence-corrected chi connectivity index (χ0v) is 30.0. The molecule has 0 saturated heterocycles. The second-order valence-electron chi connectivity index (χ2n) is 14.2. The van der Waals surface area contributed by atoms with Gasteiger partial charge in [0.05, 0.1) is 16.4 Å². The number of fused-ring (bicyclic) bond motifs is 10. The lowest BCUT2D eigenvalue weighted by molar-refractivity contribution is 0.673. The predicted molar refractivity (Wildman–Crippen MR) is 225 cm³/mol. The second-order valence-corrected chi connectivity index (χ2v) is 15.3. The summed E-state index contributed by atoms with van der Waals surface area (Å²) in [6, 6.07) is 56.8. The van der Waals surface area contributed by atoms with E-state index in [1.807, 2.05) is 11.3 Å². The summed E-state index contributed by atoms with van der Waals surface area (Å²) >= 11 is 1.95. The minimum absolute atomic E-state index is 0.570. The van der Waals surface area contributed by atoms with Gasteiger partial charge in [0, 0.05) is 59.4 Å². The number of furan rings is 1. The molecular formula is C49H34N2OS. The SMILES string of the molecule is CC1C=Cc2c(sc3ccc(-c4cc5c6ccccc6oc5c5c6ccccc6n(-c6ccc(N(c7ccccc7)c7ccccc7)cc6)c45)cc23)C1. The van der Waals surface area contributed by atoms with Crippen LogP contribution in [0.1, 0.15) is 17.4 Å². The minimum atomic E-state index is 0.570. The van der Waals surface area contributed by atoms with Gasteiger partial charge in [-0.2, -0.15) is 0 Å². The summed E-state index contributed by atoms with van der Waals surface area (Å²) in [5.41, 5.74) is 12.4. The Morgan fingerprint density at radius 2 is 1.32 bits per heavy atom. The number of aromatic nitrogens is 1. The Labute approximate surface area is 311 Å². The van der Waals surface area contributed by atoms with E-state index in [9.17, 15) is 0 Å². The van der Waals surface area contributed by atoms with Crippen molar-refractivity contribution < 1.29 is 4.42 Å². The topological polar surface area (TPSA) is 21.3 Å². The summed E-state index contributed by atoms with van der Waals surface area (Å²) in [6.45, 7) is 2.31. The summed E-state index contributed by atoms with van der Waals surface area (Å²) in [5, 5.41) is 5.94. The standard InChI is InChI=1S/C49H34N2OS/c1-31-20-26-38-41-29-32(21-27-45(41)53-46(38)28-31)40-30-42-37-16-9-11-19-44(37)52-49(42)47-39-17-8-10-18-43(39)51(48(40)47)36-24-22-35(23-25-36)50(33-12-4-2-5-13-33)34-14-6-3-7-15-34/h2-27,29-31H,28H2,1H3. The van der Waals surface area contributed by atoms with Gasteiger partial charge in [-0.05, 0) is 102 Å². The number of thiophene rings is 1. The molecule has 3 heterocycles. The third-order valence-electron chi connectivity index (χ3n) is 10.9. The number of hydrogen-bond acceptors (Lipinski definition) is 3. The van der Waals surface area contributed by atoms with Crippen molar-refractivity contribution in [3.8, 4) is 16.8 Å². The predicted octanol–water partition coefficient (Wildman–Crippen LogP) is 14.2. The Kier molecular flexibility index (Phi) is 6.77. The third kappa shape index (κ3) is 4.72. The molecule has 3 aromatic heterocycles. The van der Waals surface area contributed by atoms with Crippen LogP contribution >= 0.6 is 11.3 Å². The van der Waals surface area contributed by atoms with Gasteiger partial charge in [0.2, 0.25) is 0 Å². The molecule has 10 aromatic rings. The largest absolute Gasteiger partial charge is 0.455 e. The van der Waals surface area contributed by atoms with E-state index in [4.69, 9.17) is 4.42 Å². The van der Waals surface area contributed by atoms with Crippen molar-refractivity contribution in [3.05, 3.63) is 174 Å². The van der Waals surface area contributed by atoms with Crippen LogP contribution in [-0.4, -0.2) is 4.57 Å². The molecule has 1 aliphatic carbocycles. The zero-order chi connectivity index (χ0) is 35.0. The summed E-state index contributed by atoms with van der Waals surface area (Å²) in [4.78, 5) is 3.80. The van der Waals surface area contributed by atoms with Crippen LogP contribution < -0.4 is 4.90 Å². The maximum absolute atomic E-state index is 6.78. The van der Waals surface area contributed by atoms with Crippen LogP contribution in [0.5, 0.6) is 0 Å². The Morgan fingerprint density at radius 1 is 0.642 bits per heavy atom. The van der Waals surface area contributed by atoms with Gasteiger partial charge in [-0.1, -0.05) is 97.9 Å². The van der Waals surface area contributed by atoms with Crippen LogP contribution in [0.4, 0.5) is 17.1 Å². The molecule has 53 heavy (non-hydrogen) atoms. The molecule has 252 valence electrons. The molecule has 1 unspecified atom stereocenters. The van der Waals surface area contributed by atoms with Gasteiger partial charge in [-0.25, -0.2) is 0 Å². The minimum Gasteiger partial charge on any atom is -0.455 e. The molecule has 1 aliphatic rings. The quantitative estimate of drug-likeness (QED) is 0.178. The molecule has 4 heteroatoms. The molecule has 0 radical (unpaired) electrons. The van der Waals surface area contributed by atoms with Gasteiger partial charge in [0.15, 0.2) is 0 Å². The van der Waals surface area contributed by atoms with E-state index in [0.29, 0.717) is 5.92 Å². The van der Waals surface area contributed by atoms with Crippen LogP contribution in [0, 0.1) is 5.92 Å². The first-order chi connectivity index (χ1) is 26.2. The van der Waals surface area contributed by atoms with Gasteiger partial charge in [0.1, 0.15) is 11.2 Å². The summed E-state index contributed by atoms with van der Waals surface area (Å²) < 4.78 is 10.6. The van der Waals surface area contributed by atoms with E-state index in [1.165, 1.54) is 37.0 Å². The van der Waals surface area contributed by atoms with E-state index in [2.05, 4.69) is 186 Å². The van der Waals surface area contributed by atoms with Crippen LogP contribution in [-0.2, 0) is 6.42 Å². The van der Waals surface area contributed by atoms with Crippen molar-refractivity contribution >= 4 is 88.3 Å². The van der Waals surface area contributed by atoms with Gasteiger partial charge in [-0.3, -0.25) is 0 Å². The monoisotopic (exact) mass is 698 g/mol. The molecule has 0 fully saturated rings. The fourth-order valence-electron chi connectivity index (χ4n) is 8.46. The fourth-order valence-corrected chi connectivity index (χ4v) is 9.78. The van der Waals surface area contributed by atoms with Crippen molar-refractivity contribution in [2.75, 3.05) is 4.90 Å². The van der Waals surface area contributed by atoms with Crippen LogP contribution in [0.25, 0.3) is 76.7 Å². The molecule has 11 rings (SSSR count). The van der Waals surface area contributed by atoms with E-state index in [0.717, 1.165) is 67.5 Å². The number of nitrogens with zero attached hydrogens (tertiary/aromatic N) is 2. The van der Waals surface area contributed by atoms with E-state index in [1.54, 1.807) is 0 Å². The molecule has 0 saturated carbocycles. The Morgan fingerprint density at radius 3 is 2.09 bits per heavy atom. The van der Waals surface area contributed by atoms with Gasteiger partial charge in [-0.15, -0.1) is 11.3 Å². The van der Waals surface area contributed by atoms with Gasteiger partial charge >= 0.3 is 0 Å². The summed E-state index contributed by atoms with van der Waals surface area (Å²) in [7, 11) is 0. The maximum Gasteiger partial charge on any atom is 0.145 e. The third-order valence-corrected chi connectivity index (χ3v) is 12.1. The smallest absolute Gasteiger partial charge is 0.145 e. The molecule has 0 amide bonds. The molecule has 7 aromatic carbocycles. The van der Waals surface area contributed by atoms with Gasteiger partial charge in [0.25, 0.3) is 0 Å². The van der Waals surface area contributed by atoms with Crippen molar-refractivity contribution in [3.63, 3.8) is 0 Å². The van der Waals surface area contributed by atoms with Gasteiger partial charge < -0.3 is 13.9 Å². The number of rotatable bonds is 5. The van der Waals surface area contributed by atoms with Crippen LogP contribution in [0.3, 0.4) is 0 Å². The number of allylic oxidation sites excluding steroid dienone is 1. The highest BCUT2D eigenvalue weighted by molar-refractivity contribution is 7.19. The first-order valence-corrected chi connectivity index (χ1v) is 19.1. The number of para-hydroxylation sites is 4. The summed E-state index contributed by atoms with van der Waals surface area (Å²) in [6.07, 6.45) is 5.82. The Hall–Kier alpha value is -6.36. The zero-order valence-electron chi connectivity index (χ0n) is 29.2. The maximum atomic E-state index is 6.78. The van der Waals surface area contributed by atoms with E-state index < -0.39 is 0 Å². The Balaban J connectivity index is 1.19. The summed E-state index contributed by atoms with van der Waals surface area (Å²) in [5.74, 6) is 0.570. The van der Waals surface area contributed by atoms with Crippen molar-refractivity contribution in [2.24, 2.45) is 5.92 Å². The lowest BCUT2D eigenvalue weighted by Crippen LogP contribution is -2.09. The molecule has 0 bridgehead atoms. The molecular weight excluding hydrogens is 665 g/mol. The number of anilines is 3. The second kappa shape index (κ2) is 11.8. The molecule has 0 spiro atoms. The van der Waals surface area contributed by atoms with Crippen molar-refractivity contribution in [2.45, 2.75) is 13.3 Å².